The van der Waals surface area contributed by atoms with Gasteiger partial charge in [0.2, 0.25) is 0 Å². The fourth-order valence-corrected chi connectivity index (χ4v) is 2.26. The molecular weight excluding hydrogens is 224 g/mol. The van der Waals surface area contributed by atoms with Gasteiger partial charge in [-0.3, -0.25) is 0 Å². The average molecular weight is 241 g/mol. The van der Waals surface area contributed by atoms with Gasteiger partial charge in [0.15, 0.2) is 0 Å². The SMILES string of the molecule is CC1(C)CC(Nc2ccnc(Cl)c2)CCO1. The predicted molar refractivity (Wildman–Crippen MR) is 65.9 cm³/mol. The highest BCUT2D eigenvalue weighted by molar-refractivity contribution is 6.29. The molecule has 4 heteroatoms. The smallest absolute Gasteiger partial charge is 0.131 e. The third kappa shape index (κ3) is 3.09. The Morgan fingerprint density at radius 1 is 1.56 bits per heavy atom. The first-order chi connectivity index (χ1) is 7.55. The number of hydrogen-bond acceptors (Lipinski definition) is 3. The van der Waals surface area contributed by atoms with Crippen molar-refractivity contribution in [2.24, 2.45) is 0 Å². The zero-order valence-electron chi connectivity index (χ0n) is 9.66. The molecule has 0 aliphatic carbocycles. The van der Waals surface area contributed by atoms with Crippen LogP contribution in [0.15, 0.2) is 18.3 Å². The number of nitrogens with zero attached hydrogens (tertiary/aromatic N) is 1. The number of rotatable bonds is 2. The average Bonchev–Trinajstić information content (AvgIpc) is 2.15. The van der Waals surface area contributed by atoms with Crippen molar-refractivity contribution < 1.29 is 4.74 Å². The summed E-state index contributed by atoms with van der Waals surface area (Å²) in [7, 11) is 0. The minimum absolute atomic E-state index is 0.0350. The van der Waals surface area contributed by atoms with Crippen LogP contribution in [0.3, 0.4) is 0 Å². The normalized spacial score (nSPS) is 24.1. The second kappa shape index (κ2) is 4.60. The van der Waals surface area contributed by atoms with Crippen molar-refractivity contribution in [2.45, 2.75) is 38.3 Å². The Hall–Kier alpha value is -0.800. The van der Waals surface area contributed by atoms with Crippen molar-refractivity contribution in [3.63, 3.8) is 0 Å². The first-order valence-electron chi connectivity index (χ1n) is 5.57. The summed E-state index contributed by atoms with van der Waals surface area (Å²) in [5.41, 5.74) is 0.995. The molecule has 2 rings (SSSR count). The summed E-state index contributed by atoms with van der Waals surface area (Å²) in [4.78, 5) is 3.96. The van der Waals surface area contributed by atoms with Gasteiger partial charge < -0.3 is 10.1 Å². The standard InChI is InChI=1S/C12H17ClN2O/c1-12(2)8-10(4-6-16-12)15-9-3-5-14-11(13)7-9/h3,5,7,10H,4,6,8H2,1-2H3,(H,14,15). The number of halogens is 1. The van der Waals surface area contributed by atoms with Gasteiger partial charge in [-0.1, -0.05) is 11.6 Å². The fourth-order valence-electron chi connectivity index (χ4n) is 2.08. The quantitative estimate of drug-likeness (QED) is 0.807. The van der Waals surface area contributed by atoms with E-state index in [4.69, 9.17) is 16.3 Å². The van der Waals surface area contributed by atoms with E-state index in [1.807, 2.05) is 12.1 Å². The van der Waals surface area contributed by atoms with E-state index in [1.165, 1.54) is 0 Å². The van der Waals surface area contributed by atoms with Crippen LogP contribution in [0.5, 0.6) is 0 Å². The maximum Gasteiger partial charge on any atom is 0.131 e. The highest BCUT2D eigenvalue weighted by Gasteiger charge is 2.28. The molecule has 0 saturated carbocycles. The van der Waals surface area contributed by atoms with Gasteiger partial charge >= 0.3 is 0 Å². The molecule has 1 saturated heterocycles. The molecule has 1 aliphatic heterocycles. The van der Waals surface area contributed by atoms with Crippen LogP contribution < -0.4 is 5.32 Å². The third-order valence-corrected chi connectivity index (χ3v) is 3.00. The van der Waals surface area contributed by atoms with E-state index in [1.54, 1.807) is 6.20 Å². The Balaban J connectivity index is 1.99. The number of hydrogen-bond donors (Lipinski definition) is 1. The van der Waals surface area contributed by atoms with Crippen LogP contribution in [-0.2, 0) is 4.74 Å². The molecule has 1 aromatic heterocycles. The molecule has 1 aliphatic rings. The predicted octanol–water partition coefficient (Wildman–Crippen LogP) is 3.10. The van der Waals surface area contributed by atoms with Gasteiger partial charge in [-0.15, -0.1) is 0 Å². The summed E-state index contributed by atoms with van der Waals surface area (Å²) in [6.45, 7) is 5.06. The lowest BCUT2D eigenvalue weighted by Crippen LogP contribution is -2.40. The molecule has 16 heavy (non-hydrogen) atoms. The van der Waals surface area contributed by atoms with Gasteiger partial charge in [-0.05, 0) is 38.8 Å². The van der Waals surface area contributed by atoms with Gasteiger partial charge in [0.1, 0.15) is 5.15 Å². The molecule has 0 aromatic carbocycles. The van der Waals surface area contributed by atoms with E-state index in [-0.39, 0.29) is 5.60 Å². The van der Waals surface area contributed by atoms with Crippen LogP contribution in [0, 0.1) is 0 Å². The summed E-state index contributed by atoms with van der Waals surface area (Å²) in [6, 6.07) is 4.24. The van der Waals surface area contributed by atoms with Crippen molar-refractivity contribution in [1.29, 1.82) is 0 Å². The van der Waals surface area contributed by atoms with Crippen molar-refractivity contribution in [3.05, 3.63) is 23.5 Å². The summed E-state index contributed by atoms with van der Waals surface area (Å²) < 4.78 is 5.68. The van der Waals surface area contributed by atoms with Crippen LogP contribution >= 0.6 is 11.6 Å². The van der Waals surface area contributed by atoms with E-state index in [0.29, 0.717) is 11.2 Å². The fraction of sp³-hybridized carbons (Fsp3) is 0.583. The van der Waals surface area contributed by atoms with Crippen molar-refractivity contribution >= 4 is 17.3 Å². The second-order valence-corrected chi connectivity index (χ2v) is 5.20. The van der Waals surface area contributed by atoms with Gasteiger partial charge in [-0.25, -0.2) is 4.98 Å². The third-order valence-electron chi connectivity index (χ3n) is 2.79. The maximum absolute atomic E-state index is 5.84. The Morgan fingerprint density at radius 3 is 3.06 bits per heavy atom. The number of ether oxygens (including phenoxy) is 1. The largest absolute Gasteiger partial charge is 0.382 e. The van der Waals surface area contributed by atoms with E-state index in [2.05, 4.69) is 24.1 Å². The molecule has 0 radical (unpaired) electrons. The van der Waals surface area contributed by atoms with E-state index in [0.717, 1.165) is 25.1 Å². The summed E-state index contributed by atoms with van der Waals surface area (Å²) >= 11 is 5.84. The zero-order valence-corrected chi connectivity index (χ0v) is 10.4. The lowest BCUT2D eigenvalue weighted by Gasteiger charge is -2.36. The Labute approximate surface area is 101 Å². The molecule has 1 fully saturated rings. The van der Waals surface area contributed by atoms with Crippen LogP contribution in [0.1, 0.15) is 26.7 Å². The second-order valence-electron chi connectivity index (χ2n) is 4.81. The highest BCUT2D eigenvalue weighted by atomic mass is 35.5. The minimum atomic E-state index is -0.0350. The molecule has 1 unspecified atom stereocenters. The van der Waals surface area contributed by atoms with Gasteiger partial charge in [0.25, 0.3) is 0 Å². The van der Waals surface area contributed by atoms with Crippen molar-refractivity contribution in [1.82, 2.24) is 4.98 Å². The maximum atomic E-state index is 5.84. The highest BCUT2D eigenvalue weighted by Crippen LogP contribution is 2.26. The number of pyridine rings is 1. The van der Waals surface area contributed by atoms with Crippen LogP contribution in [0.4, 0.5) is 5.69 Å². The lowest BCUT2D eigenvalue weighted by molar-refractivity contribution is -0.0553. The number of aromatic nitrogens is 1. The summed E-state index contributed by atoms with van der Waals surface area (Å²) in [5, 5.41) is 4.00. The van der Waals surface area contributed by atoms with Crippen molar-refractivity contribution in [2.75, 3.05) is 11.9 Å². The molecule has 0 amide bonds. The molecule has 0 bridgehead atoms. The summed E-state index contributed by atoms with van der Waals surface area (Å²) in [5.74, 6) is 0. The van der Waals surface area contributed by atoms with E-state index < -0.39 is 0 Å². The first kappa shape index (κ1) is 11.7. The topological polar surface area (TPSA) is 34.2 Å². The van der Waals surface area contributed by atoms with Crippen molar-refractivity contribution in [3.8, 4) is 0 Å². The Bertz CT molecular complexity index is 368. The monoisotopic (exact) mass is 240 g/mol. The molecule has 0 spiro atoms. The van der Waals surface area contributed by atoms with Crippen LogP contribution in [-0.4, -0.2) is 23.2 Å². The molecule has 1 aromatic rings. The Kier molecular flexibility index (Phi) is 3.36. The van der Waals surface area contributed by atoms with E-state index >= 15 is 0 Å². The lowest BCUT2D eigenvalue weighted by atomic mass is 9.94. The zero-order chi connectivity index (χ0) is 11.6. The van der Waals surface area contributed by atoms with E-state index in [9.17, 15) is 0 Å². The molecular formula is C12H17ClN2O. The molecule has 2 heterocycles. The van der Waals surface area contributed by atoms with Gasteiger partial charge in [0, 0.05) is 24.5 Å². The minimum Gasteiger partial charge on any atom is -0.382 e. The van der Waals surface area contributed by atoms with Gasteiger partial charge in [0.05, 0.1) is 5.60 Å². The number of anilines is 1. The molecule has 88 valence electrons. The first-order valence-corrected chi connectivity index (χ1v) is 5.95. The number of nitrogens with one attached hydrogen (secondary N) is 1. The summed E-state index contributed by atoms with van der Waals surface area (Å²) in [6.07, 6.45) is 3.76. The molecule has 3 nitrogen and oxygen atoms in total. The van der Waals surface area contributed by atoms with Crippen LogP contribution in [0.2, 0.25) is 5.15 Å². The Morgan fingerprint density at radius 2 is 2.38 bits per heavy atom. The molecule has 1 atom stereocenters. The van der Waals surface area contributed by atoms with Gasteiger partial charge in [-0.2, -0.15) is 0 Å². The molecule has 1 N–H and O–H groups in total. The van der Waals surface area contributed by atoms with Crippen LogP contribution in [0.25, 0.3) is 0 Å².